The molecule has 0 unspecified atom stereocenters. The van der Waals surface area contributed by atoms with Gasteiger partial charge in [-0.3, -0.25) is 4.79 Å². The van der Waals surface area contributed by atoms with E-state index in [0.717, 1.165) is 18.7 Å². The van der Waals surface area contributed by atoms with Crippen LogP contribution >= 0.6 is 11.3 Å². The van der Waals surface area contributed by atoms with Crippen LogP contribution < -0.4 is 10.6 Å². The molecule has 116 valence electrons. The lowest BCUT2D eigenvalue weighted by Gasteiger charge is -2.19. The van der Waals surface area contributed by atoms with E-state index in [1.54, 1.807) is 0 Å². The van der Waals surface area contributed by atoms with Gasteiger partial charge in [-0.05, 0) is 12.0 Å². The van der Waals surface area contributed by atoms with Gasteiger partial charge in [0.25, 0.3) is 0 Å². The smallest absolute Gasteiger partial charge is 0.223 e. The number of hydrogen-bond donors (Lipinski definition) is 2. The van der Waals surface area contributed by atoms with E-state index < -0.39 is 0 Å². The number of rotatable bonds is 5. The molecular formula is C16H19N3O2S. The molecule has 2 atom stereocenters. The maximum absolute atomic E-state index is 11.0. The van der Waals surface area contributed by atoms with Gasteiger partial charge < -0.3 is 15.4 Å². The third kappa shape index (κ3) is 3.71. The van der Waals surface area contributed by atoms with Crippen LogP contribution in [0.4, 0.5) is 5.13 Å². The normalized spacial score (nSPS) is 21.0. The fraction of sp³-hybridized carbons (Fsp3) is 0.375. The number of nitrogens with one attached hydrogen (secondary N) is 2. The molecule has 22 heavy (non-hydrogen) atoms. The summed E-state index contributed by atoms with van der Waals surface area (Å²) >= 11 is 1.44. The number of carbonyl (C=O) groups is 1. The van der Waals surface area contributed by atoms with E-state index in [4.69, 9.17) is 4.74 Å². The number of ether oxygens (including phenoxy) is 1. The van der Waals surface area contributed by atoms with Crippen molar-refractivity contribution in [1.29, 1.82) is 0 Å². The monoisotopic (exact) mass is 317 g/mol. The Bertz CT molecular complexity index is 629. The van der Waals surface area contributed by atoms with Gasteiger partial charge in [0, 0.05) is 31.5 Å². The predicted molar refractivity (Wildman–Crippen MR) is 86.8 cm³/mol. The summed E-state index contributed by atoms with van der Waals surface area (Å²) in [7, 11) is 0. The molecule has 2 aromatic rings. The Morgan fingerprint density at radius 3 is 3.00 bits per heavy atom. The van der Waals surface area contributed by atoms with Crippen molar-refractivity contribution in [3.05, 3.63) is 47.0 Å². The molecule has 0 aliphatic carbocycles. The summed E-state index contributed by atoms with van der Waals surface area (Å²) in [4.78, 5) is 15.4. The molecule has 1 fully saturated rings. The van der Waals surface area contributed by atoms with E-state index in [1.807, 2.05) is 23.6 Å². The number of thiazole rings is 1. The van der Waals surface area contributed by atoms with E-state index in [1.165, 1.54) is 23.8 Å². The Kier molecular flexibility index (Phi) is 4.82. The summed E-state index contributed by atoms with van der Waals surface area (Å²) < 4.78 is 5.86. The number of nitrogens with zero attached hydrogens (tertiary/aromatic N) is 1. The zero-order valence-corrected chi connectivity index (χ0v) is 13.2. The Labute approximate surface area is 133 Å². The first kappa shape index (κ1) is 15.1. The molecule has 1 amide bonds. The second-order valence-electron chi connectivity index (χ2n) is 5.30. The lowest BCUT2D eigenvalue weighted by Crippen LogP contribution is -2.31. The van der Waals surface area contributed by atoms with Crippen LogP contribution in [0.15, 0.2) is 35.7 Å². The van der Waals surface area contributed by atoms with Crippen molar-refractivity contribution >= 4 is 22.4 Å². The average Bonchev–Trinajstić information content (AvgIpc) is 3.14. The quantitative estimate of drug-likeness (QED) is 0.890. The molecular weight excluding hydrogens is 298 g/mol. The number of amides is 1. The maximum atomic E-state index is 11.0. The molecule has 1 aromatic heterocycles. The van der Waals surface area contributed by atoms with E-state index in [2.05, 4.69) is 27.8 Å². The summed E-state index contributed by atoms with van der Waals surface area (Å²) in [5.41, 5.74) is 2.14. The SMILES string of the molecule is CC(=O)Nc1nc(CN[C@@H]2CCO[C@@H]2c2ccccc2)cs1. The van der Waals surface area contributed by atoms with Crippen molar-refractivity contribution in [3.63, 3.8) is 0 Å². The van der Waals surface area contributed by atoms with Crippen LogP contribution in [-0.4, -0.2) is 23.5 Å². The van der Waals surface area contributed by atoms with Crippen molar-refractivity contribution in [2.24, 2.45) is 0 Å². The fourth-order valence-corrected chi connectivity index (χ4v) is 3.36. The molecule has 1 aliphatic heterocycles. The molecule has 5 nitrogen and oxygen atoms in total. The van der Waals surface area contributed by atoms with E-state index in [0.29, 0.717) is 11.7 Å². The molecule has 6 heteroatoms. The molecule has 1 aromatic carbocycles. The number of anilines is 1. The van der Waals surface area contributed by atoms with Crippen LogP contribution in [0.1, 0.15) is 30.7 Å². The zero-order valence-electron chi connectivity index (χ0n) is 12.4. The highest BCUT2D eigenvalue weighted by atomic mass is 32.1. The largest absolute Gasteiger partial charge is 0.372 e. The van der Waals surface area contributed by atoms with Crippen molar-refractivity contribution < 1.29 is 9.53 Å². The minimum Gasteiger partial charge on any atom is -0.372 e. The summed E-state index contributed by atoms with van der Waals surface area (Å²) in [6.07, 6.45) is 1.08. The third-order valence-electron chi connectivity index (χ3n) is 3.60. The zero-order chi connectivity index (χ0) is 15.4. The highest BCUT2D eigenvalue weighted by Crippen LogP contribution is 2.29. The molecule has 1 saturated heterocycles. The molecule has 1 aliphatic rings. The van der Waals surface area contributed by atoms with Gasteiger partial charge in [0.2, 0.25) is 5.91 Å². The van der Waals surface area contributed by atoms with Gasteiger partial charge in [0.05, 0.1) is 11.8 Å². The van der Waals surface area contributed by atoms with Crippen LogP contribution in [0, 0.1) is 0 Å². The minimum absolute atomic E-state index is 0.0923. The standard InChI is InChI=1S/C16H19N3O2S/c1-11(20)18-16-19-13(10-22-16)9-17-14-7-8-21-15(14)12-5-3-2-4-6-12/h2-6,10,14-15,17H,7-9H2,1H3,(H,18,19,20)/t14-,15-/m1/s1. The Balaban J connectivity index is 1.58. The summed E-state index contributed by atoms with van der Waals surface area (Å²) in [5, 5.41) is 8.83. The van der Waals surface area contributed by atoms with E-state index in [9.17, 15) is 4.79 Å². The van der Waals surface area contributed by atoms with Gasteiger partial charge >= 0.3 is 0 Å². The minimum atomic E-state index is -0.0952. The van der Waals surface area contributed by atoms with Gasteiger partial charge in [0.1, 0.15) is 0 Å². The molecule has 3 rings (SSSR count). The number of aromatic nitrogens is 1. The summed E-state index contributed by atoms with van der Waals surface area (Å²) in [6.45, 7) is 2.93. The molecule has 0 radical (unpaired) electrons. The van der Waals surface area contributed by atoms with Crippen LogP contribution in [-0.2, 0) is 16.1 Å². The number of carbonyl (C=O) groups excluding carboxylic acids is 1. The highest BCUT2D eigenvalue weighted by Gasteiger charge is 2.29. The number of hydrogen-bond acceptors (Lipinski definition) is 5. The molecule has 0 saturated carbocycles. The van der Waals surface area contributed by atoms with Gasteiger partial charge in [-0.2, -0.15) is 0 Å². The van der Waals surface area contributed by atoms with Crippen molar-refractivity contribution in [1.82, 2.24) is 10.3 Å². The van der Waals surface area contributed by atoms with Crippen LogP contribution in [0.25, 0.3) is 0 Å². The van der Waals surface area contributed by atoms with Gasteiger partial charge in [-0.15, -0.1) is 11.3 Å². The lowest BCUT2D eigenvalue weighted by molar-refractivity contribution is -0.114. The average molecular weight is 317 g/mol. The van der Waals surface area contributed by atoms with Gasteiger partial charge in [-0.1, -0.05) is 30.3 Å². The van der Waals surface area contributed by atoms with Gasteiger partial charge in [-0.25, -0.2) is 4.98 Å². The first-order valence-corrected chi connectivity index (χ1v) is 8.22. The number of benzene rings is 1. The highest BCUT2D eigenvalue weighted by molar-refractivity contribution is 7.13. The van der Waals surface area contributed by atoms with Crippen molar-refractivity contribution in [2.75, 3.05) is 11.9 Å². The van der Waals surface area contributed by atoms with Crippen LogP contribution in [0.3, 0.4) is 0 Å². The summed E-state index contributed by atoms with van der Waals surface area (Å²) in [5.74, 6) is -0.0952. The predicted octanol–water partition coefficient (Wildman–Crippen LogP) is 2.72. The summed E-state index contributed by atoms with van der Waals surface area (Å²) in [6, 6.07) is 10.6. The van der Waals surface area contributed by atoms with E-state index in [-0.39, 0.29) is 18.1 Å². The van der Waals surface area contributed by atoms with Gasteiger partial charge in [0.15, 0.2) is 5.13 Å². The topological polar surface area (TPSA) is 63.2 Å². The molecule has 2 N–H and O–H groups in total. The fourth-order valence-electron chi connectivity index (χ4n) is 2.60. The molecule has 2 heterocycles. The third-order valence-corrected chi connectivity index (χ3v) is 4.41. The van der Waals surface area contributed by atoms with Crippen LogP contribution in [0.5, 0.6) is 0 Å². The molecule has 0 bridgehead atoms. The first-order chi connectivity index (χ1) is 10.7. The molecule has 0 spiro atoms. The second-order valence-corrected chi connectivity index (χ2v) is 6.16. The van der Waals surface area contributed by atoms with Crippen molar-refractivity contribution in [3.8, 4) is 0 Å². The second kappa shape index (κ2) is 7.00. The van der Waals surface area contributed by atoms with Crippen LogP contribution in [0.2, 0.25) is 0 Å². The Morgan fingerprint density at radius 2 is 2.23 bits per heavy atom. The van der Waals surface area contributed by atoms with E-state index >= 15 is 0 Å². The first-order valence-electron chi connectivity index (χ1n) is 7.34. The Morgan fingerprint density at radius 1 is 1.41 bits per heavy atom. The van der Waals surface area contributed by atoms with Crippen molar-refractivity contribution in [2.45, 2.75) is 32.0 Å². The maximum Gasteiger partial charge on any atom is 0.223 e. The lowest BCUT2D eigenvalue weighted by atomic mass is 10.0. The Hall–Kier alpha value is -1.76.